The molecule has 1 fully saturated rings. The summed E-state index contributed by atoms with van der Waals surface area (Å²) in [6.45, 7) is 2.28. The van der Waals surface area contributed by atoms with Gasteiger partial charge in [-0.15, -0.1) is 0 Å². The number of halogens is 2. The van der Waals surface area contributed by atoms with Crippen LogP contribution in [0.3, 0.4) is 0 Å². The molecule has 3 nitrogen and oxygen atoms in total. The smallest absolute Gasteiger partial charge is 0.253 e. The second kappa shape index (κ2) is 7.76. The number of benzene rings is 1. The van der Waals surface area contributed by atoms with Gasteiger partial charge in [0.25, 0.3) is 5.91 Å². The first kappa shape index (κ1) is 16.2. The minimum absolute atomic E-state index is 0.00509. The minimum atomic E-state index is -0.496. The molecule has 116 valence electrons. The number of methoxy groups -OCH3 is 1. The third-order valence-corrected chi connectivity index (χ3v) is 4.22. The van der Waals surface area contributed by atoms with Crippen LogP contribution in [0.2, 0.25) is 5.02 Å². The van der Waals surface area contributed by atoms with Gasteiger partial charge < -0.3 is 9.64 Å². The summed E-state index contributed by atoms with van der Waals surface area (Å²) in [5.74, 6) is -0.0357. The molecule has 0 spiro atoms. The zero-order valence-electron chi connectivity index (χ0n) is 12.3. The summed E-state index contributed by atoms with van der Waals surface area (Å²) in [6.07, 6.45) is 4.25. The third-order valence-electron chi connectivity index (χ3n) is 3.93. The molecule has 1 aromatic rings. The lowest BCUT2D eigenvalue weighted by Crippen LogP contribution is -2.40. The number of hydrogen-bond donors (Lipinski definition) is 0. The average molecular weight is 314 g/mol. The van der Waals surface area contributed by atoms with E-state index < -0.39 is 5.82 Å². The van der Waals surface area contributed by atoms with Crippen molar-refractivity contribution in [1.29, 1.82) is 0 Å². The third kappa shape index (κ3) is 4.42. The maximum Gasteiger partial charge on any atom is 0.253 e. The molecule has 2 rings (SSSR count). The first-order valence-electron chi connectivity index (χ1n) is 7.35. The summed E-state index contributed by atoms with van der Waals surface area (Å²) < 4.78 is 18.2. The van der Waals surface area contributed by atoms with Gasteiger partial charge >= 0.3 is 0 Å². The lowest BCUT2D eigenvalue weighted by molar-refractivity contribution is 0.0660. The van der Waals surface area contributed by atoms with Crippen molar-refractivity contribution < 1.29 is 13.9 Å². The predicted molar refractivity (Wildman–Crippen MR) is 81.1 cm³/mol. The van der Waals surface area contributed by atoms with Gasteiger partial charge in [0.05, 0.1) is 5.02 Å². The highest BCUT2D eigenvalue weighted by Crippen LogP contribution is 2.24. The second-order valence-corrected chi connectivity index (χ2v) is 5.93. The highest BCUT2D eigenvalue weighted by atomic mass is 35.5. The van der Waals surface area contributed by atoms with E-state index in [4.69, 9.17) is 16.3 Å². The van der Waals surface area contributed by atoms with E-state index in [1.54, 1.807) is 7.11 Å². The molecule has 5 heteroatoms. The van der Waals surface area contributed by atoms with Crippen molar-refractivity contribution in [1.82, 2.24) is 4.90 Å². The Morgan fingerprint density at radius 3 is 3.05 bits per heavy atom. The topological polar surface area (TPSA) is 29.5 Å². The quantitative estimate of drug-likeness (QED) is 0.775. The van der Waals surface area contributed by atoms with Crippen LogP contribution in [0.4, 0.5) is 4.39 Å². The SMILES string of the molecule is COCCC[C@@H]1CCCN(C(=O)c2ccc(F)c(Cl)c2)C1. The highest BCUT2D eigenvalue weighted by molar-refractivity contribution is 6.31. The van der Waals surface area contributed by atoms with Gasteiger partial charge in [-0.1, -0.05) is 11.6 Å². The number of rotatable bonds is 5. The molecule has 0 aromatic heterocycles. The van der Waals surface area contributed by atoms with Gasteiger partial charge in [-0.25, -0.2) is 4.39 Å². The van der Waals surface area contributed by atoms with Gasteiger partial charge in [-0.3, -0.25) is 4.79 Å². The highest BCUT2D eigenvalue weighted by Gasteiger charge is 2.24. The predicted octanol–water partition coefficient (Wildman–Crippen LogP) is 3.76. The number of piperidine rings is 1. The molecule has 0 N–H and O–H groups in total. The summed E-state index contributed by atoms with van der Waals surface area (Å²) >= 11 is 5.75. The van der Waals surface area contributed by atoms with Crippen LogP contribution in [-0.4, -0.2) is 37.6 Å². The fourth-order valence-electron chi connectivity index (χ4n) is 2.81. The first-order valence-corrected chi connectivity index (χ1v) is 7.73. The second-order valence-electron chi connectivity index (χ2n) is 5.52. The Hall–Kier alpha value is -1.13. The normalized spacial score (nSPS) is 18.8. The zero-order chi connectivity index (χ0) is 15.2. The fourth-order valence-corrected chi connectivity index (χ4v) is 2.99. The van der Waals surface area contributed by atoms with Crippen LogP contribution in [0, 0.1) is 11.7 Å². The lowest BCUT2D eigenvalue weighted by atomic mass is 9.93. The van der Waals surface area contributed by atoms with Crippen molar-refractivity contribution in [3.8, 4) is 0 Å². The van der Waals surface area contributed by atoms with Gasteiger partial charge in [-0.05, 0) is 49.8 Å². The van der Waals surface area contributed by atoms with Gasteiger partial charge in [0.1, 0.15) is 5.82 Å². The minimum Gasteiger partial charge on any atom is -0.385 e. The maximum absolute atomic E-state index is 13.2. The Morgan fingerprint density at radius 2 is 2.33 bits per heavy atom. The zero-order valence-corrected chi connectivity index (χ0v) is 13.0. The number of likely N-dealkylation sites (tertiary alicyclic amines) is 1. The molecule has 21 heavy (non-hydrogen) atoms. The average Bonchev–Trinajstić information content (AvgIpc) is 2.50. The van der Waals surface area contributed by atoms with Crippen molar-refractivity contribution in [3.63, 3.8) is 0 Å². The Morgan fingerprint density at radius 1 is 1.52 bits per heavy atom. The summed E-state index contributed by atoms with van der Waals surface area (Å²) in [6, 6.07) is 4.15. The van der Waals surface area contributed by atoms with Crippen molar-refractivity contribution >= 4 is 17.5 Å². The van der Waals surface area contributed by atoms with E-state index >= 15 is 0 Å². The van der Waals surface area contributed by atoms with E-state index in [0.717, 1.165) is 45.4 Å². The van der Waals surface area contributed by atoms with E-state index in [1.807, 2.05) is 4.90 Å². The summed E-state index contributed by atoms with van der Waals surface area (Å²) in [4.78, 5) is 14.3. The van der Waals surface area contributed by atoms with Gasteiger partial charge in [0, 0.05) is 32.4 Å². The molecule has 0 radical (unpaired) electrons. The number of hydrogen-bond acceptors (Lipinski definition) is 2. The summed E-state index contributed by atoms with van der Waals surface area (Å²) in [7, 11) is 1.70. The molecule has 0 saturated carbocycles. The Balaban J connectivity index is 1.96. The van der Waals surface area contributed by atoms with E-state index in [-0.39, 0.29) is 10.9 Å². The van der Waals surface area contributed by atoms with Crippen molar-refractivity contribution in [2.75, 3.05) is 26.8 Å². The van der Waals surface area contributed by atoms with E-state index in [1.165, 1.54) is 18.2 Å². The van der Waals surface area contributed by atoms with Crippen LogP contribution in [0.1, 0.15) is 36.0 Å². The first-order chi connectivity index (χ1) is 10.1. The van der Waals surface area contributed by atoms with Crippen LogP contribution >= 0.6 is 11.6 Å². The number of carbonyl (C=O) groups is 1. The molecular formula is C16H21ClFNO2. The van der Waals surface area contributed by atoms with Crippen LogP contribution in [0.15, 0.2) is 18.2 Å². The standard InChI is InChI=1S/C16H21ClFNO2/c1-21-9-3-5-12-4-2-8-19(11-12)16(20)13-6-7-15(18)14(17)10-13/h6-7,10,12H,2-5,8-9,11H2,1H3/t12-/m0/s1. The van der Waals surface area contributed by atoms with Crippen LogP contribution in [0.25, 0.3) is 0 Å². The summed E-state index contributed by atoms with van der Waals surface area (Å²) in [5.41, 5.74) is 0.457. The summed E-state index contributed by atoms with van der Waals surface area (Å²) in [5, 5.41) is -0.00509. The van der Waals surface area contributed by atoms with Crippen LogP contribution < -0.4 is 0 Å². The molecule has 0 unspecified atom stereocenters. The molecule has 1 amide bonds. The molecule has 1 saturated heterocycles. The molecule has 1 heterocycles. The lowest BCUT2D eigenvalue weighted by Gasteiger charge is -2.33. The van der Waals surface area contributed by atoms with Crippen LogP contribution in [0.5, 0.6) is 0 Å². The molecule has 1 aliphatic heterocycles. The van der Waals surface area contributed by atoms with E-state index in [2.05, 4.69) is 0 Å². The number of carbonyl (C=O) groups excluding carboxylic acids is 1. The number of amides is 1. The van der Waals surface area contributed by atoms with Gasteiger partial charge in [0.2, 0.25) is 0 Å². The number of nitrogens with zero attached hydrogens (tertiary/aromatic N) is 1. The number of ether oxygens (including phenoxy) is 1. The van der Waals surface area contributed by atoms with Gasteiger partial charge in [-0.2, -0.15) is 0 Å². The largest absolute Gasteiger partial charge is 0.385 e. The van der Waals surface area contributed by atoms with Crippen molar-refractivity contribution in [3.05, 3.63) is 34.6 Å². The van der Waals surface area contributed by atoms with Crippen molar-refractivity contribution in [2.24, 2.45) is 5.92 Å². The molecule has 1 aliphatic rings. The van der Waals surface area contributed by atoms with Gasteiger partial charge in [0.15, 0.2) is 0 Å². The molecule has 1 aromatic carbocycles. The Kier molecular flexibility index (Phi) is 6.00. The fraction of sp³-hybridized carbons (Fsp3) is 0.562. The maximum atomic E-state index is 13.2. The van der Waals surface area contributed by atoms with Crippen molar-refractivity contribution in [2.45, 2.75) is 25.7 Å². The Labute approximate surface area is 130 Å². The Bertz CT molecular complexity index is 495. The van der Waals surface area contributed by atoms with E-state index in [0.29, 0.717) is 11.5 Å². The molecular weight excluding hydrogens is 293 g/mol. The molecule has 0 bridgehead atoms. The van der Waals surface area contributed by atoms with E-state index in [9.17, 15) is 9.18 Å². The molecule has 0 aliphatic carbocycles. The molecule has 1 atom stereocenters. The van der Waals surface area contributed by atoms with Crippen LogP contribution in [-0.2, 0) is 4.74 Å². The monoisotopic (exact) mass is 313 g/mol.